The smallest absolute Gasteiger partial charge is 0.262 e. The number of carbonyl (C=O) groups is 1. The minimum atomic E-state index is -0.205. The molecule has 1 amide bonds. The fourth-order valence-electron chi connectivity index (χ4n) is 2.03. The number of hydrogen-bond donors (Lipinski definition) is 1. The first-order valence-corrected chi connectivity index (χ1v) is 9.11. The molecule has 0 fully saturated rings. The second kappa shape index (κ2) is 6.40. The number of hydrogen-bond acceptors (Lipinski definition) is 7. The average Bonchev–Trinajstić information content (AvgIpc) is 3.15. The molecule has 0 atom stereocenters. The minimum Gasteiger partial charge on any atom is -0.300 e. The first-order valence-electron chi connectivity index (χ1n) is 7.41. The molecule has 3 aromatic heterocycles. The van der Waals surface area contributed by atoms with E-state index in [-0.39, 0.29) is 29.8 Å². The van der Waals surface area contributed by atoms with Crippen molar-refractivity contribution < 1.29 is 4.79 Å². The van der Waals surface area contributed by atoms with E-state index in [0.717, 1.165) is 5.01 Å². The van der Waals surface area contributed by atoms with Crippen molar-refractivity contribution in [3.05, 3.63) is 33.1 Å². The van der Waals surface area contributed by atoms with Gasteiger partial charge < -0.3 is 5.32 Å². The highest BCUT2D eigenvalue weighted by atomic mass is 32.1. The SMILES string of the molecule is CC(C)(C)c1nnc(NC(=O)CCn2cnc3sccc3c2=O)s1. The van der Waals surface area contributed by atoms with Crippen LogP contribution in [0.4, 0.5) is 5.13 Å². The number of nitrogens with one attached hydrogen (secondary N) is 1. The molecule has 24 heavy (non-hydrogen) atoms. The van der Waals surface area contributed by atoms with E-state index in [4.69, 9.17) is 0 Å². The van der Waals surface area contributed by atoms with E-state index < -0.39 is 0 Å². The Hall–Kier alpha value is -2.13. The van der Waals surface area contributed by atoms with Gasteiger partial charge in [-0.1, -0.05) is 32.1 Å². The number of carbonyl (C=O) groups excluding carboxylic acids is 1. The van der Waals surface area contributed by atoms with E-state index in [1.54, 1.807) is 6.07 Å². The van der Waals surface area contributed by atoms with Crippen molar-refractivity contribution in [2.24, 2.45) is 0 Å². The molecule has 9 heteroatoms. The zero-order chi connectivity index (χ0) is 17.3. The molecular formula is C15H17N5O2S2. The van der Waals surface area contributed by atoms with E-state index in [0.29, 0.717) is 15.3 Å². The Balaban J connectivity index is 1.64. The van der Waals surface area contributed by atoms with Crippen molar-refractivity contribution in [3.63, 3.8) is 0 Å². The van der Waals surface area contributed by atoms with Crippen molar-refractivity contribution in [3.8, 4) is 0 Å². The highest BCUT2D eigenvalue weighted by Crippen LogP contribution is 2.27. The normalized spacial score (nSPS) is 11.8. The number of nitrogens with zero attached hydrogens (tertiary/aromatic N) is 4. The molecule has 3 aromatic rings. The Labute approximate surface area is 146 Å². The van der Waals surface area contributed by atoms with Crippen molar-refractivity contribution >= 4 is 43.9 Å². The lowest BCUT2D eigenvalue weighted by molar-refractivity contribution is -0.116. The molecule has 0 aromatic carbocycles. The van der Waals surface area contributed by atoms with Gasteiger partial charge in [-0.25, -0.2) is 4.98 Å². The van der Waals surface area contributed by atoms with Gasteiger partial charge in [0.15, 0.2) is 0 Å². The van der Waals surface area contributed by atoms with E-state index >= 15 is 0 Å². The number of anilines is 1. The Morgan fingerprint density at radius 1 is 1.33 bits per heavy atom. The van der Waals surface area contributed by atoms with Gasteiger partial charge in [0.2, 0.25) is 11.0 Å². The van der Waals surface area contributed by atoms with Crippen LogP contribution >= 0.6 is 22.7 Å². The van der Waals surface area contributed by atoms with Crippen LogP contribution in [-0.4, -0.2) is 25.7 Å². The van der Waals surface area contributed by atoms with Crippen LogP contribution in [0.15, 0.2) is 22.6 Å². The Morgan fingerprint density at radius 3 is 2.83 bits per heavy atom. The van der Waals surface area contributed by atoms with Crippen LogP contribution in [0.3, 0.4) is 0 Å². The Kier molecular flexibility index (Phi) is 4.46. The summed E-state index contributed by atoms with van der Waals surface area (Å²) in [5.41, 5.74) is -0.227. The maximum Gasteiger partial charge on any atom is 0.262 e. The summed E-state index contributed by atoms with van der Waals surface area (Å²) >= 11 is 2.79. The summed E-state index contributed by atoms with van der Waals surface area (Å²) in [5, 5.41) is 14.6. The number of amides is 1. The number of thiophene rings is 1. The van der Waals surface area contributed by atoms with E-state index in [2.05, 4.69) is 20.5 Å². The average molecular weight is 363 g/mol. The second-order valence-electron chi connectivity index (χ2n) is 6.34. The summed E-state index contributed by atoms with van der Waals surface area (Å²) in [6, 6.07) is 1.75. The minimum absolute atomic E-state index is 0.102. The standard InChI is InChI=1S/C15H17N5O2S2/c1-15(2,3)13-18-19-14(24-13)17-10(21)4-6-20-8-16-11-9(12(20)22)5-7-23-11/h5,7-8H,4,6H2,1-3H3,(H,17,19,21). The van der Waals surface area contributed by atoms with Gasteiger partial charge in [0.25, 0.3) is 5.56 Å². The zero-order valence-corrected chi connectivity index (χ0v) is 15.2. The van der Waals surface area contributed by atoms with E-state index in [1.807, 2.05) is 26.2 Å². The van der Waals surface area contributed by atoms with Crippen LogP contribution in [-0.2, 0) is 16.8 Å². The first-order chi connectivity index (χ1) is 11.3. The lowest BCUT2D eigenvalue weighted by Gasteiger charge is -2.12. The third-order valence-corrected chi connectivity index (χ3v) is 5.43. The monoisotopic (exact) mass is 363 g/mol. The van der Waals surface area contributed by atoms with Crippen LogP contribution in [0.25, 0.3) is 10.2 Å². The van der Waals surface area contributed by atoms with Crippen LogP contribution in [0.5, 0.6) is 0 Å². The molecule has 0 saturated carbocycles. The van der Waals surface area contributed by atoms with Gasteiger partial charge in [0, 0.05) is 18.4 Å². The van der Waals surface area contributed by atoms with Crippen molar-refractivity contribution in [1.82, 2.24) is 19.7 Å². The highest BCUT2D eigenvalue weighted by molar-refractivity contribution is 7.16. The van der Waals surface area contributed by atoms with Crippen LogP contribution in [0.1, 0.15) is 32.2 Å². The first kappa shape index (κ1) is 16.7. The van der Waals surface area contributed by atoms with Crippen LogP contribution in [0, 0.1) is 0 Å². The fourth-order valence-corrected chi connectivity index (χ4v) is 3.57. The van der Waals surface area contributed by atoms with E-state index in [9.17, 15) is 9.59 Å². The van der Waals surface area contributed by atoms with Gasteiger partial charge in [-0.2, -0.15) is 0 Å². The number of rotatable bonds is 4. The quantitative estimate of drug-likeness (QED) is 0.769. The molecule has 126 valence electrons. The summed E-state index contributed by atoms with van der Waals surface area (Å²) in [6.45, 7) is 6.39. The zero-order valence-electron chi connectivity index (χ0n) is 13.6. The van der Waals surface area contributed by atoms with Crippen LogP contribution in [0.2, 0.25) is 0 Å². The third kappa shape index (κ3) is 3.51. The highest BCUT2D eigenvalue weighted by Gasteiger charge is 2.20. The van der Waals surface area contributed by atoms with Gasteiger partial charge in [-0.05, 0) is 11.4 Å². The predicted molar refractivity (Wildman–Crippen MR) is 95.7 cm³/mol. The molecule has 3 rings (SSSR count). The largest absolute Gasteiger partial charge is 0.300 e. The summed E-state index contributed by atoms with van der Waals surface area (Å²) < 4.78 is 1.45. The summed E-state index contributed by atoms with van der Waals surface area (Å²) in [5.74, 6) is -0.205. The molecule has 7 nitrogen and oxygen atoms in total. The molecular weight excluding hydrogens is 346 g/mol. The third-order valence-electron chi connectivity index (χ3n) is 3.34. The lowest BCUT2D eigenvalue weighted by atomic mass is 9.98. The van der Waals surface area contributed by atoms with Gasteiger partial charge >= 0.3 is 0 Å². The topological polar surface area (TPSA) is 89.8 Å². The molecule has 0 saturated heterocycles. The molecule has 0 bridgehead atoms. The lowest BCUT2D eigenvalue weighted by Crippen LogP contribution is -2.23. The van der Waals surface area contributed by atoms with Gasteiger partial charge in [-0.15, -0.1) is 21.5 Å². The van der Waals surface area contributed by atoms with Crippen molar-refractivity contribution in [2.45, 2.75) is 39.2 Å². The molecule has 1 N–H and O–H groups in total. The molecule has 0 aliphatic heterocycles. The van der Waals surface area contributed by atoms with Crippen LogP contribution < -0.4 is 10.9 Å². The maximum atomic E-state index is 12.3. The van der Waals surface area contributed by atoms with Crippen molar-refractivity contribution in [2.75, 3.05) is 5.32 Å². The number of aromatic nitrogens is 4. The Morgan fingerprint density at radius 2 is 2.12 bits per heavy atom. The predicted octanol–water partition coefficient (Wildman–Crippen LogP) is 2.64. The summed E-state index contributed by atoms with van der Waals surface area (Å²) in [6.07, 6.45) is 1.65. The molecule has 0 unspecified atom stereocenters. The Bertz CT molecular complexity index is 935. The second-order valence-corrected chi connectivity index (χ2v) is 8.22. The van der Waals surface area contributed by atoms with Gasteiger partial charge in [-0.3, -0.25) is 14.2 Å². The number of aryl methyl sites for hydroxylation is 1. The summed E-state index contributed by atoms with van der Waals surface area (Å²) in [4.78, 5) is 29.3. The number of fused-ring (bicyclic) bond motifs is 1. The van der Waals surface area contributed by atoms with Gasteiger partial charge in [0.1, 0.15) is 9.84 Å². The maximum absolute atomic E-state index is 12.3. The fraction of sp³-hybridized carbons (Fsp3) is 0.400. The van der Waals surface area contributed by atoms with Crippen molar-refractivity contribution in [1.29, 1.82) is 0 Å². The molecule has 3 heterocycles. The van der Waals surface area contributed by atoms with E-state index in [1.165, 1.54) is 33.6 Å². The summed E-state index contributed by atoms with van der Waals surface area (Å²) in [7, 11) is 0. The molecule has 0 aliphatic rings. The molecule has 0 aliphatic carbocycles. The van der Waals surface area contributed by atoms with Gasteiger partial charge in [0.05, 0.1) is 11.7 Å². The molecule has 0 spiro atoms. The molecule has 0 radical (unpaired) electrons.